The molecule has 0 saturated heterocycles. The predicted octanol–water partition coefficient (Wildman–Crippen LogP) is -1.56. The number of carbonyl (C=O) groups excluding carboxylic acids is 1. The topological polar surface area (TPSA) is 165 Å². The van der Waals surface area contributed by atoms with Crippen LogP contribution in [0.25, 0.3) is 0 Å². The summed E-state index contributed by atoms with van der Waals surface area (Å²) < 4.78 is 0. The number of hydrogen-bond donors (Lipinski definition) is 6. The number of carboxylic acid groups (broad SMARTS) is 3. The summed E-state index contributed by atoms with van der Waals surface area (Å²) in [6, 6.07) is -2.37. The number of carbonyl (C=O) groups is 4. The van der Waals surface area contributed by atoms with E-state index in [1.807, 2.05) is 5.32 Å². The average molecular weight is 249 g/mol. The van der Waals surface area contributed by atoms with E-state index < -0.39 is 36.3 Å². The highest BCUT2D eigenvalue weighted by Gasteiger charge is 2.23. The first-order valence-corrected chi connectivity index (χ1v) is 4.26. The number of rotatable bonds is 5. The maximum Gasteiger partial charge on any atom is 0.406 e. The molecule has 0 aliphatic heterocycles. The molecule has 0 saturated carbocycles. The van der Waals surface area contributed by atoms with E-state index in [1.165, 1.54) is 5.32 Å². The molecule has 96 valence electrons. The Morgan fingerprint density at radius 2 is 1.41 bits per heavy atom. The van der Waals surface area contributed by atoms with Gasteiger partial charge in [0.25, 0.3) is 0 Å². The van der Waals surface area contributed by atoms with Crippen LogP contribution in [0.3, 0.4) is 0 Å². The number of amides is 3. The normalized spacial score (nSPS) is 13.0. The third kappa shape index (κ3) is 5.81. The quantitative estimate of drug-likeness (QED) is 0.320. The third-order valence-electron chi connectivity index (χ3n) is 1.51. The van der Waals surface area contributed by atoms with E-state index in [9.17, 15) is 19.2 Å². The molecule has 0 radical (unpaired) electrons. The summed E-state index contributed by atoms with van der Waals surface area (Å²) in [5.41, 5.74) is 0. The fraction of sp³-hybridized carbons (Fsp3) is 0.429. The van der Waals surface area contributed by atoms with Gasteiger partial charge >= 0.3 is 24.1 Å². The minimum absolute atomic E-state index is 1.12. The van der Waals surface area contributed by atoms with Gasteiger partial charge in [0.1, 0.15) is 6.04 Å². The summed E-state index contributed by atoms with van der Waals surface area (Å²) >= 11 is 0. The molecule has 17 heavy (non-hydrogen) atoms. The van der Waals surface area contributed by atoms with Gasteiger partial charge in [-0.25, -0.2) is 14.4 Å². The lowest BCUT2D eigenvalue weighted by Gasteiger charge is -2.16. The molecule has 0 aromatic heterocycles. The summed E-state index contributed by atoms with van der Waals surface area (Å²) in [7, 11) is 0. The Morgan fingerprint density at radius 1 is 0.882 bits per heavy atom. The largest absolute Gasteiger partial charge is 0.480 e. The minimum Gasteiger partial charge on any atom is -0.480 e. The van der Waals surface area contributed by atoms with Crippen molar-refractivity contribution < 1.29 is 34.5 Å². The van der Waals surface area contributed by atoms with Gasteiger partial charge in [0, 0.05) is 0 Å². The van der Waals surface area contributed by atoms with Crippen LogP contribution in [0.5, 0.6) is 0 Å². The molecular weight excluding hydrogens is 238 g/mol. The fourth-order valence-corrected chi connectivity index (χ4v) is 0.714. The zero-order valence-corrected chi connectivity index (χ0v) is 8.63. The molecule has 0 aromatic rings. The summed E-state index contributed by atoms with van der Waals surface area (Å²) in [5.74, 6) is -2.95. The SMILES string of the molecule is C[C@H](NC(=O)N[C@@H](NC(=O)O)C(=O)O)C(=O)O. The Balaban J connectivity index is 4.36. The van der Waals surface area contributed by atoms with Crippen LogP contribution in [-0.4, -0.2) is 51.6 Å². The number of carboxylic acids is 2. The van der Waals surface area contributed by atoms with Crippen molar-refractivity contribution in [2.45, 2.75) is 19.1 Å². The summed E-state index contributed by atoms with van der Waals surface area (Å²) in [5, 5.41) is 30.4. The van der Waals surface area contributed by atoms with Gasteiger partial charge in [-0.15, -0.1) is 0 Å². The summed E-state index contributed by atoms with van der Waals surface area (Å²) in [6.45, 7) is 1.16. The van der Waals surface area contributed by atoms with Gasteiger partial charge in [-0.3, -0.25) is 10.1 Å². The molecule has 0 spiro atoms. The van der Waals surface area contributed by atoms with E-state index in [4.69, 9.17) is 15.3 Å². The zero-order chi connectivity index (χ0) is 13.6. The molecule has 0 aromatic carbocycles. The number of urea groups is 1. The van der Waals surface area contributed by atoms with Crippen LogP contribution in [0.2, 0.25) is 0 Å². The van der Waals surface area contributed by atoms with Crippen LogP contribution >= 0.6 is 0 Å². The van der Waals surface area contributed by atoms with Gasteiger partial charge in [0.2, 0.25) is 6.17 Å². The van der Waals surface area contributed by atoms with Crippen LogP contribution in [0.1, 0.15) is 6.92 Å². The van der Waals surface area contributed by atoms with Crippen molar-refractivity contribution in [2.24, 2.45) is 0 Å². The lowest BCUT2D eigenvalue weighted by molar-refractivity contribution is -0.140. The van der Waals surface area contributed by atoms with Gasteiger partial charge in [-0.2, -0.15) is 0 Å². The van der Waals surface area contributed by atoms with Gasteiger partial charge in [0.05, 0.1) is 0 Å². The number of hydrogen-bond acceptors (Lipinski definition) is 4. The first-order valence-electron chi connectivity index (χ1n) is 4.26. The van der Waals surface area contributed by atoms with E-state index in [1.54, 1.807) is 5.32 Å². The Labute approximate surface area is 94.6 Å². The van der Waals surface area contributed by atoms with Gasteiger partial charge in [-0.1, -0.05) is 0 Å². The number of aliphatic carboxylic acids is 2. The van der Waals surface area contributed by atoms with Crippen LogP contribution in [0.4, 0.5) is 9.59 Å². The first-order chi connectivity index (χ1) is 7.73. The maximum atomic E-state index is 11.1. The fourth-order valence-electron chi connectivity index (χ4n) is 0.714. The number of nitrogens with one attached hydrogen (secondary N) is 3. The molecule has 6 N–H and O–H groups in total. The zero-order valence-electron chi connectivity index (χ0n) is 8.63. The van der Waals surface area contributed by atoms with Crippen LogP contribution in [0, 0.1) is 0 Å². The summed E-state index contributed by atoms with van der Waals surface area (Å²) in [6.07, 6.45) is -3.52. The molecule has 0 aliphatic carbocycles. The Hall–Kier alpha value is -2.52. The molecule has 0 heterocycles. The second-order valence-corrected chi connectivity index (χ2v) is 2.90. The molecule has 2 atom stereocenters. The van der Waals surface area contributed by atoms with E-state index in [0.717, 1.165) is 6.92 Å². The lowest BCUT2D eigenvalue weighted by atomic mass is 10.3. The van der Waals surface area contributed by atoms with E-state index in [0.29, 0.717) is 0 Å². The summed E-state index contributed by atoms with van der Waals surface area (Å²) in [4.78, 5) is 42.1. The Bertz CT molecular complexity index is 342. The smallest absolute Gasteiger partial charge is 0.406 e. The molecule has 0 aliphatic rings. The highest BCUT2D eigenvalue weighted by molar-refractivity contribution is 5.87. The van der Waals surface area contributed by atoms with Crippen LogP contribution in [-0.2, 0) is 9.59 Å². The third-order valence-corrected chi connectivity index (χ3v) is 1.51. The van der Waals surface area contributed by atoms with Crippen molar-refractivity contribution in [1.82, 2.24) is 16.0 Å². The van der Waals surface area contributed by atoms with Crippen molar-refractivity contribution >= 4 is 24.1 Å². The predicted molar refractivity (Wildman–Crippen MR) is 51.3 cm³/mol. The van der Waals surface area contributed by atoms with Gasteiger partial charge < -0.3 is 26.0 Å². The highest BCUT2D eigenvalue weighted by atomic mass is 16.4. The molecule has 0 fully saturated rings. The van der Waals surface area contributed by atoms with E-state index in [-0.39, 0.29) is 0 Å². The van der Waals surface area contributed by atoms with Crippen molar-refractivity contribution in [2.75, 3.05) is 0 Å². The van der Waals surface area contributed by atoms with E-state index >= 15 is 0 Å². The molecule has 3 amide bonds. The van der Waals surface area contributed by atoms with E-state index in [2.05, 4.69) is 0 Å². The monoisotopic (exact) mass is 249 g/mol. The molecule has 10 heteroatoms. The molecule has 0 unspecified atom stereocenters. The molecule has 0 bridgehead atoms. The average Bonchev–Trinajstić information content (AvgIpc) is 2.15. The van der Waals surface area contributed by atoms with Crippen LogP contribution < -0.4 is 16.0 Å². The van der Waals surface area contributed by atoms with Crippen molar-refractivity contribution in [3.63, 3.8) is 0 Å². The second-order valence-electron chi connectivity index (χ2n) is 2.90. The maximum absolute atomic E-state index is 11.1. The van der Waals surface area contributed by atoms with Crippen LogP contribution in [0.15, 0.2) is 0 Å². The van der Waals surface area contributed by atoms with Gasteiger partial charge in [0.15, 0.2) is 0 Å². The second kappa shape index (κ2) is 6.15. The van der Waals surface area contributed by atoms with Gasteiger partial charge in [-0.05, 0) is 6.92 Å². The van der Waals surface area contributed by atoms with Crippen molar-refractivity contribution in [3.8, 4) is 0 Å². The van der Waals surface area contributed by atoms with Crippen molar-refractivity contribution in [3.05, 3.63) is 0 Å². The minimum atomic E-state index is -1.87. The molecular formula is C7H11N3O7. The van der Waals surface area contributed by atoms with Crippen molar-refractivity contribution in [1.29, 1.82) is 0 Å². The lowest BCUT2D eigenvalue weighted by Crippen LogP contribution is -2.56. The Kier molecular flexibility index (Phi) is 5.24. The molecule has 10 nitrogen and oxygen atoms in total. The molecule has 0 rings (SSSR count). The standard InChI is InChI=1S/C7H11N3O7/c1-2(4(11)12)8-6(15)9-3(5(13)14)10-7(16)17/h2-3,10H,1H3,(H,11,12)(H,13,14)(H,16,17)(H2,8,9,15)/t2-,3-/m0/s1. The Morgan fingerprint density at radius 3 is 1.76 bits per heavy atom. The highest BCUT2D eigenvalue weighted by Crippen LogP contribution is 1.84. The first kappa shape index (κ1) is 14.5.